The SMILES string of the molecule is Fc1ccc(-c2nc3ccc(-c4ccc(C(F)(F)F)cc4)cc3o2)cc1. The first-order valence-corrected chi connectivity index (χ1v) is 7.74. The van der Waals surface area contributed by atoms with Crippen molar-refractivity contribution in [2.75, 3.05) is 0 Å². The molecule has 1 aromatic heterocycles. The van der Waals surface area contributed by atoms with Crippen molar-refractivity contribution in [2.45, 2.75) is 6.18 Å². The third-order valence-electron chi connectivity index (χ3n) is 4.03. The maximum Gasteiger partial charge on any atom is 0.416 e. The van der Waals surface area contributed by atoms with Crippen molar-refractivity contribution in [2.24, 2.45) is 0 Å². The van der Waals surface area contributed by atoms with Crippen molar-refractivity contribution in [3.63, 3.8) is 0 Å². The van der Waals surface area contributed by atoms with E-state index < -0.39 is 11.7 Å². The van der Waals surface area contributed by atoms with E-state index in [1.54, 1.807) is 30.3 Å². The topological polar surface area (TPSA) is 26.0 Å². The number of fused-ring (bicyclic) bond motifs is 1. The van der Waals surface area contributed by atoms with Gasteiger partial charge in [-0.15, -0.1) is 0 Å². The Hall–Kier alpha value is -3.15. The van der Waals surface area contributed by atoms with Crippen molar-refractivity contribution in [3.05, 3.63) is 78.1 Å². The number of benzene rings is 3. The number of alkyl halides is 3. The highest BCUT2D eigenvalue weighted by Crippen LogP contribution is 2.32. The van der Waals surface area contributed by atoms with Crippen LogP contribution >= 0.6 is 0 Å². The van der Waals surface area contributed by atoms with Crippen molar-refractivity contribution >= 4 is 11.1 Å². The van der Waals surface area contributed by atoms with Crippen molar-refractivity contribution in [1.82, 2.24) is 4.98 Å². The summed E-state index contributed by atoms with van der Waals surface area (Å²) >= 11 is 0. The molecule has 0 atom stereocenters. The zero-order chi connectivity index (χ0) is 18.3. The summed E-state index contributed by atoms with van der Waals surface area (Å²) in [7, 11) is 0. The Labute approximate surface area is 145 Å². The van der Waals surface area contributed by atoms with Crippen LogP contribution in [0.4, 0.5) is 17.6 Å². The van der Waals surface area contributed by atoms with E-state index in [9.17, 15) is 17.6 Å². The van der Waals surface area contributed by atoms with Crippen LogP contribution in [0.2, 0.25) is 0 Å². The van der Waals surface area contributed by atoms with Crippen molar-refractivity contribution in [1.29, 1.82) is 0 Å². The average molecular weight is 357 g/mol. The number of hydrogen-bond donors (Lipinski definition) is 0. The van der Waals surface area contributed by atoms with Gasteiger partial charge in [-0.25, -0.2) is 9.37 Å². The summed E-state index contributed by atoms with van der Waals surface area (Å²) in [6.07, 6.45) is -4.36. The lowest BCUT2D eigenvalue weighted by Gasteiger charge is -2.07. The van der Waals surface area contributed by atoms with Crippen LogP contribution in [-0.2, 0) is 6.18 Å². The summed E-state index contributed by atoms with van der Waals surface area (Å²) < 4.78 is 56.8. The van der Waals surface area contributed by atoms with Gasteiger partial charge in [-0.3, -0.25) is 0 Å². The standard InChI is InChI=1S/C20H11F4NO/c21-16-8-3-13(4-9-16)19-25-17-10-5-14(11-18(17)26-19)12-1-6-15(7-2-12)20(22,23)24/h1-11H. The first kappa shape index (κ1) is 16.3. The molecule has 130 valence electrons. The third-order valence-corrected chi connectivity index (χ3v) is 4.03. The normalized spacial score (nSPS) is 11.8. The predicted molar refractivity (Wildman–Crippen MR) is 89.8 cm³/mol. The Morgan fingerprint density at radius 3 is 2.00 bits per heavy atom. The van der Waals surface area contributed by atoms with Gasteiger partial charge < -0.3 is 4.42 Å². The molecular weight excluding hydrogens is 346 g/mol. The molecule has 0 aliphatic carbocycles. The van der Waals surface area contributed by atoms with E-state index in [1.165, 1.54) is 24.3 Å². The number of aromatic nitrogens is 1. The Bertz CT molecular complexity index is 1060. The quantitative estimate of drug-likeness (QED) is 0.392. The second-order valence-electron chi connectivity index (χ2n) is 5.78. The smallest absolute Gasteiger partial charge is 0.416 e. The second kappa shape index (κ2) is 5.98. The number of oxazole rings is 1. The molecule has 0 fully saturated rings. The highest BCUT2D eigenvalue weighted by atomic mass is 19.4. The summed E-state index contributed by atoms with van der Waals surface area (Å²) in [5.74, 6) is -0.000907. The monoisotopic (exact) mass is 357 g/mol. The van der Waals surface area contributed by atoms with E-state index >= 15 is 0 Å². The molecule has 0 unspecified atom stereocenters. The lowest BCUT2D eigenvalue weighted by molar-refractivity contribution is -0.137. The van der Waals surface area contributed by atoms with Crippen LogP contribution in [0.3, 0.4) is 0 Å². The molecule has 3 aromatic carbocycles. The minimum absolute atomic E-state index is 0.351. The summed E-state index contributed by atoms with van der Waals surface area (Å²) in [4.78, 5) is 4.36. The minimum atomic E-state index is -4.36. The Morgan fingerprint density at radius 2 is 1.35 bits per heavy atom. The van der Waals surface area contributed by atoms with Gasteiger partial charge in [0.2, 0.25) is 5.89 Å². The summed E-state index contributed by atoms with van der Waals surface area (Å²) in [6, 6.07) is 15.9. The minimum Gasteiger partial charge on any atom is -0.436 e. The zero-order valence-electron chi connectivity index (χ0n) is 13.2. The first-order valence-electron chi connectivity index (χ1n) is 7.74. The number of hydrogen-bond acceptors (Lipinski definition) is 2. The van der Waals surface area contributed by atoms with Crippen LogP contribution in [0.25, 0.3) is 33.7 Å². The van der Waals surface area contributed by atoms with Crippen LogP contribution in [-0.4, -0.2) is 4.98 Å². The average Bonchev–Trinajstić information content (AvgIpc) is 3.05. The van der Waals surface area contributed by atoms with Crippen LogP contribution in [0, 0.1) is 5.82 Å². The fourth-order valence-electron chi connectivity index (χ4n) is 2.67. The molecule has 6 heteroatoms. The highest BCUT2D eigenvalue weighted by Gasteiger charge is 2.29. The van der Waals surface area contributed by atoms with E-state index in [4.69, 9.17) is 4.42 Å². The largest absolute Gasteiger partial charge is 0.436 e. The second-order valence-corrected chi connectivity index (χ2v) is 5.78. The highest BCUT2D eigenvalue weighted by molar-refractivity contribution is 5.82. The van der Waals surface area contributed by atoms with Gasteiger partial charge in [-0.05, 0) is 59.7 Å². The van der Waals surface area contributed by atoms with Gasteiger partial charge in [0, 0.05) is 5.56 Å². The number of nitrogens with zero attached hydrogens (tertiary/aromatic N) is 1. The Balaban J connectivity index is 1.70. The maximum atomic E-state index is 13.0. The molecule has 0 amide bonds. The van der Waals surface area contributed by atoms with Gasteiger partial charge in [0.05, 0.1) is 5.56 Å². The molecule has 0 bridgehead atoms. The fourth-order valence-corrected chi connectivity index (χ4v) is 2.67. The molecule has 4 aromatic rings. The molecule has 1 heterocycles. The maximum absolute atomic E-state index is 13.0. The van der Waals surface area contributed by atoms with E-state index in [1.807, 2.05) is 0 Å². The number of rotatable bonds is 2. The summed E-state index contributed by atoms with van der Waals surface area (Å²) in [5, 5.41) is 0. The third kappa shape index (κ3) is 3.06. The molecule has 4 rings (SSSR count). The molecule has 0 aliphatic rings. The molecule has 0 radical (unpaired) electrons. The van der Waals surface area contributed by atoms with E-state index in [0.717, 1.165) is 12.1 Å². The van der Waals surface area contributed by atoms with Gasteiger partial charge in [-0.2, -0.15) is 13.2 Å². The van der Waals surface area contributed by atoms with Gasteiger partial charge in [0.1, 0.15) is 11.3 Å². The Morgan fingerprint density at radius 1 is 0.731 bits per heavy atom. The van der Waals surface area contributed by atoms with Gasteiger partial charge >= 0.3 is 6.18 Å². The molecule has 0 saturated heterocycles. The molecule has 0 N–H and O–H groups in total. The molecule has 0 saturated carbocycles. The lowest BCUT2D eigenvalue weighted by atomic mass is 10.0. The predicted octanol–water partition coefficient (Wildman–Crippen LogP) is 6.32. The Kier molecular flexibility index (Phi) is 3.76. The zero-order valence-corrected chi connectivity index (χ0v) is 13.2. The van der Waals surface area contributed by atoms with Gasteiger partial charge in [-0.1, -0.05) is 18.2 Å². The molecular formula is C20H11F4NO. The number of halogens is 4. The van der Waals surface area contributed by atoms with Crippen LogP contribution in [0.5, 0.6) is 0 Å². The van der Waals surface area contributed by atoms with Gasteiger partial charge in [0.25, 0.3) is 0 Å². The van der Waals surface area contributed by atoms with Crippen LogP contribution < -0.4 is 0 Å². The summed E-state index contributed by atoms with van der Waals surface area (Å²) in [6.45, 7) is 0. The summed E-state index contributed by atoms with van der Waals surface area (Å²) in [5.41, 5.74) is 2.41. The van der Waals surface area contributed by atoms with Gasteiger partial charge in [0.15, 0.2) is 5.58 Å². The molecule has 2 nitrogen and oxygen atoms in total. The molecule has 0 spiro atoms. The van der Waals surface area contributed by atoms with Crippen molar-refractivity contribution in [3.8, 4) is 22.6 Å². The molecule has 0 aliphatic heterocycles. The van der Waals surface area contributed by atoms with E-state index in [-0.39, 0.29) is 5.82 Å². The van der Waals surface area contributed by atoms with E-state index in [2.05, 4.69) is 4.98 Å². The van der Waals surface area contributed by atoms with Crippen LogP contribution in [0.1, 0.15) is 5.56 Å². The first-order chi connectivity index (χ1) is 12.4. The van der Waals surface area contributed by atoms with Crippen LogP contribution in [0.15, 0.2) is 71.1 Å². The van der Waals surface area contributed by atoms with Crippen molar-refractivity contribution < 1.29 is 22.0 Å². The lowest BCUT2D eigenvalue weighted by Crippen LogP contribution is -2.03. The fraction of sp³-hybridized carbons (Fsp3) is 0.0500. The van der Waals surface area contributed by atoms with E-state index in [0.29, 0.717) is 33.7 Å². The molecule has 26 heavy (non-hydrogen) atoms.